The summed E-state index contributed by atoms with van der Waals surface area (Å²) in [5.74, 6) is 0.272. The second-order valence-corrected chi connectivity index (χ2v) is 10.7. The monoisotopic (exact) mass is 421 g/mol. The fourth-order valence-corrected chi connectivity index (χ4v) is 5.31. The minimum absolute atomic E-state index is 0.116. The van der Waals surface area contributed by atoms with Crippen molar-refractivity contribution in [3.05, 3.63) is 29.8 Å². The molecule has 0 atom stereocenters. The Bertz CT molecular complexity index is 858. The minimum atomic E-state index is -3.64. The van der Waals surface area contributed by atoms with Gasteiger partial charge in [0.05, 0.1) is 18.1 Å². The van der Waals surface area contributed by atoms with Gasteiger partial charge in [-0.2, -0.15) is 9.41 Å². The molecule has 1 amide bonds. The fraction of sp³-hybridized carbons (Fsp3) is 0.619. The maximum atomic E-state index is 12.8. The van der Waals surface area contributed by atoms with Crippen LogP contribution in [0.2, 0.25) is 0 Å². The van der Waals surface area contributed by atoms with E-state index in [1.165, 1.54) is 16.4 Å². The van der Waals surface area contributed by atoms with E-state index in [0.717, 1.165) is 31.4 Å². The molecule has 0 bridgehead atoms. The van der Waals surface area contributed by atoms with Crippen LogP contribution in [0.1, 0.15) is 56.8 Å². The number of hydrazone groups is 1. The van der Waals surface area contributed by atoms with Gasteiger partial charge in [-0.15, -0.1) is 0 Å². The third-order valence-electron chi connectivity index (χ3n) is 5.81. The molecule has 7 nitrogen and oxygen atoms in total. The highest BCUT2D eigenvalue weighted by Gasteiger charge is 2.29. The van der Waals surface area contributed by atoms with Crippen LogP contribution >= 0.6 is 0 Å². The van der Waals surface area contributed by atoms with Crippen molar-refractivity contribution in [2.24, 2.45) is 16.4 Å². The lowest BCUT2D eigenvalue weighted by Gasteiger charge is -2.34. The third-order valence-corrected chi connectivity index (χ3v) is 7.70. The summed E-state index contributed by atoms with van der Waals surface area (Å²) in [7, 11) is -3.64. The Hall–Kier alpha value is -1.77. The highest BCUT2D eigenvalue weighted by molar-refractivity contribution is 7.89. The van der Waals surface area contributed by atoms with E-state index < -0.39 is 15.9 Å². The number of ether oxygens (including phenoxy) is 1. The fourth-order valence-electron chi connectivity index (χ4n) is 3.86. The van der Waals surface area contributed by atoms with Gasteiger partial charge in [0.1, 0.15) is 0 Å². The van der Waals surface area contributed by atoms with Crippen LogP contribution in [0.5, 0.6) is 0 Å². The summed E-state index contributed by atoms with van der Waals surface area (Å²) in [6.07, 6.45) is 3.91. The molecule has 1 aromatic carbocycles. The van der Waals surface area contributed by atoms with Crippen molar-refractivity contribution in [1.29, 1.82) is 0 Å². The van der Waals surface area contributed by atoms with Crippen LogP contribution in [0, 0.1) is 11.3 Å². The molecular formula is C21H31N3O4S. The predicted octanol–water partition coefficient (Wildman–Crippen LogP) is 3.03. The second-order valence-electron chi connectivity index (χ2n) is 8.80. The van der Waals surface area contributed by atoms with Gasteiger partial charge in [0.15, 0.2) is 0 Å². The van der Waals surface area contributed by atoms with Crippen molar-refractivity contribution in [3.8, 4) is 0 Å². The van der Waals surface area contributed by atoms with Crippen LogP contribution < -0.4 is 5.43 Å². The van der Waals surface area contributed by atoms with E-state index >= 15 is 0 Å². The van der Waals surface area contributed by atoms with E-state index in [1.807, 2.05) is 0 Å². The number of benzene rings is 1. The van der Waals surface area contributed by atoms with Crippen LogP contribution in [0.25, 0.3) is 0 Å². The van der Waals surface area contributed by atoms with E-state index in [4.69, 9.17) is 4.74 Å². The Labute approximate surface area is 173 Å². The normalized spacial score (nSPS) is 21.6. The Morgan fingerprint density at radius 2 is 1.83 bits per heavy atom. The number of morpholine rings is 1. The van der Waals surface area contributed by atoms with Crippen molar-refractivity contribution < 1.29 is 17.9 Å². The molecular weight excluding hydrogens is 390 g/mol. The van der Waals surface area contributed by atoms with Crippen molar-refractivity contribution >= 4 is 21.6 Å². The number of carbonyl (C=O) groups excluding carboxylic acids is 1. The molecule has 8 heteroatoms. The molecule has 0 unspecified atom stereocenters. The Morgan fingerprint density at radius 1 is 1.17 bits per heavy atom. The van der Waals surface area contributed by atoms with Crippen molar-refractivity contribution in [2.75, 3.05) is 26.3 Å². The first-order valence-electron chi connectivity index (χ1n) is 10.2. The van der Waals surface area contributed by atoms with Crippen LogP contribution in [0.3, 0.4) is 0 Å². The molecule has 2 fully saturated rings. The number of nitrogens with one attached hydrogen (secondary N) is 1. The van der Waals surface area contributed by atoms with Crippen LogP contribution in [0.15, 0.2) is 34.3 Å². The Balaban J connectivity index is 1.64. The van der Waals surface area contributed by atoms with Gasteiger partial charge in [-0.3, -0.25) is 4.79 Å². The number of sulfonamides is 1. The molecule has 1 N–H and O–H groups in total. The van der Waals surface area contributed by atoms with Gasteiger partial charge in [-0.05, 0) is 55.2 Å². The SMILES string of the molecule is CC(C)(C)C1CCC(=NNC(=O)c2cccc(S(=O)(=O)N3CCOCC3)c2)CC1. The lowest BCUT2D eigenvalue weighted by atomic mass is 9.72. The molecule has 0 spiro atoms. The van der Waals surface area contributed by atoms with Crippen molar-refractivity contribution in [3.63, 3.8) is 0 Å². The highest BCUT2D eigenvalue weighted by Crippen LogP contribution is 2.36. The van der Waals surface area contributed by atoms with E-state index in [0.29, 0.717) is 37.6 Å². The first kappa shape index (κ1) is 21.9. The largest absolute Gasteiger partial charge is 0.379 e. The number of amides is 1. The highest BCUT2D eigenvalue weighted by atomic mass is 32.2. The van der Waals surface area contributed by atoms with Gasteiger partial charge < -0.3 is 4.74 Å². The maximum absolute atomic E-state index is 12.8. The van der Waals surface area contributed by atoms with E-state index in [2.05, 4.69) is 31.3 Å². The molecule has 1 aromatic rings. The van der Waals surface area contributed by atoms with Gasteiger partial charge >= 0.3 is 0 Å². The molecule has 160 valence electrons. The zero-order chi connectivity index (χ0) is 21.1. The number of hydrogen-bond acceptors (Lipinski definition) is 5. The van der Waals surface area contributed by atoms with Crippen molar-refractivity contribution in [1.82, 2.24) is 9.73 Å². The van der Waals surface area contributed by atoms with Gasteiger partial charge in [0.25, 0.3) is 5.91 Å². The number of nitrogens with zero attached hydrogens (tertiary/aromatic N) is 2. The zero-order valence-electron chi connectivity index (χ0n) is 17.5. The Kier molecular flexibility index (Phi) is 6.76. The lowest BCUT2D eigenvalue weighted by molar-refractivity contribution is 0.0730. The molecule has 3 rings (SSSR count). The summed E-state index contributed by atoms with van der Waals surface area (Å²) in [6, 6.07) is 6.12. The number of hydrogen-bond donors (Lipinski definition) is 1. The van der Waals surface area contributed by atoms with Crippen LogP contribution in [-0.4, -0.2) is 50.6 Å². The Morgan fingerprint density at radius 3 is 2.45 bits per heavy atom. The molecule has 2 aliphatic rings. The second kappa shape index (κ2) is 8.93. The molecule has 1 aliphatic carbocycles. The summed E-state index contributed by atoms with van der Waals surface area (Å²) < 4.78 is 32.2. The maximum Gasteiger partial charge on any atom is 0.271 e. The average Bonchev–Trinajstić information content (AvgIpc) is 2.72. The average molecular weight is 422 g/mol. The topological polar surface area (TPSA) is 88.1 Å². The summed E-state index contributed by atoms with van der Waals surface area (Å²) in [5.41, 5.74) is 4.17. The molecule has 1 heterocycles. The molecule has 0 radical (unpaired) electrons. The number of carbonyl (C=O) groups is 1. The molecule has 0 aromatic heterocycles. The lowest BCUT2D eigenvalue weighted by Crippen LogP contribution is -2.40. The van der Waals surface area contributed by atoms with Crippen molar-refractivity contribution in [2.45, 2.75) is 51.3 Å². The van der Waals surface area contributed by atoms with Gasteiger partial charge in [0, 0.05) is 24.4 Å². The molecule has 1 aliphatic heterocycles. The van der Waals surface area contributed by atoms with Gasteiger partial charge in [-0.25, -0.2) is 13.8 Å². The third kappa shape index (κ3) is 5.43. The molecule has 1 saturated carbocycles. The quantitative estimate of drug-likeness (QED) is 0.757. The van der Waals surface area contributed by atoms with E-state index in [9.17, 15) is 13.2 Å². The molecule has 1 saturated heterocycles. The minimum Gasteiger partial charge on any atom is -0.379 e. The van der Waals surface area contributed by atoms with Crippen LogP contribution in [0.4, 0.5) is 0 Å². The zero-order valence-corrected chi connectivity index (χ0v) is 18.3. The summed E-state index contributed by atoms with van der Waals surface area (Å²) in [5, 5.41) is 4.30. The molecule has 29 heavy (non-hydrogen) atoms. The van der Waals surface area contributed by atoms with E-state index in [1.54, 1.807) is 12.1 Å². The smallest absolute Gasteiger partial charge is 0.271 e. The predicted molar refractivity (Wildman–Crippen MR) is 112 cm³/mol. The summed E-state index contributed by atoms with van der Waals surface area (Å²) in [4.78, 5) is 12.6. The summed E-state index contributed by atoms with van der Waals surface area (Å²) in [6.45, 7) is 8.20. The first-order valence-corrected chi connectivity index (χ1v) is 11.7. The summed E-state index contributed by atoms with van der Waals surface area (Å²) >= 11 is 0. The van der Waals surface area contributed by atoms with Gasteiger partial charge in [0.2, 0.25) is 10.0 Å². The van der Waals surface area contributed by atoms with Gasteiger partial charge in [-0.1, -0.05) is 26.8 Å². The number of rotatable bonds is 4. The van der Waals surface area contributed by atoms with E-state index in [-0.39, 0.29) is 10.5 Å². The first-order chi connectivity index (χ1) is 13.7. The van der Waals surface area contributed by atoms with Crippen LogP contribution in [-0.2, 0) is 14.8 Å². The standard InChI is InChI=1S/C21H31N3O4S/c1-21(2,3)17-7-9-18(10-8-17)22-23-20(25)16-5-4-6-19(15-16)29(26,27)24-11-13-28-14-12-24/h4-6,15,17H,7-14H2,1-3H3,(H,23,25).